The molecule has 0 radical (unpaired) electrons. The van der Waals surface area contributed by atoms with Crippen molar-refractivity contribution in [2.24, 2.45) is 5.73 Å². The third-order valence-electron chi connectivity index (χ3n) is 5.07. The minimum Gasteiger partial charge on any atom is -0.484 e. The van der Waals surface area contributed by atoms with E-state index in [0.717, 1.165) is 34.3 Å². The standard InChI is InChI=1S/C24H24FN3O/c1-3-17-4-6-18(7-5-17)24(16(2)26)29-22-12-13-23-19(14-22)15-27-28(23)21-10-8-20(25)9-11-21/h4-16,24H,3,26H2,1-2H3/t16-,24?/m0/s1. The van der Waals surface area contributed by atoms with E-state index in [4.69, 9.17) is 10.5 Å². The highest BCUT2D eigenvalue weighted by Crippen LogP contribution is 2.28. The Morgan fingerprint density at radius 3 is 2.41 bits per heavy atom. The molecule has 4 nitrogen and oxygen atoms in total. The lowest BCUT2D eigenvalue weighted by Gasteiger charge is -2.23. The molecule has 1 unspecified atom stereocenters. The van der Waals surface area contributed by atoms with Crippen LogP contribution in [0.2, 0.25) is 0 Å². The van der Waals surface area contributed by atoms with E-state index in [1.807, 2.05) is 25.1 Å². The number of fused-ring (bicyclic) bond motifs is 1. The molecule has 148 valence electrons. The van der Waals surface area contributed by atoms with E-state index >= 15 is 0 Å². The fraction of sp³-hybridized carbons (Fsp3) is 0.208. The zero-order chi connectivity index (χ0) is 20.4. The van der Waals surface area contributed by atoms with Crippen LogP contribution >= 0.6 is 0 Å². The minimum absolute atomic E-state index is 0.167. The summed E-state index contributed by atoms with van der Waals surface area (Å²) in [5.74, 6) is 0.466. The summed E-state index contributed by atoms with van der Waals surface area (Å²) in [4.78, 5) is 0. The van der Waals surface area contributed by atoms with Crippen LogP contribution in [0.15, 0.2) is 72.9 Å². The smallest absolute Gasteiger partial charge is 0.138 e. The number of hydrogen-bond donors (Lipinski definition) is 1. The van der Waals surface area contributed by atoms with Gasteiger partial charge in [-0.2, -0.15) is 5.10 Å². The Kier molecular flexibility index (Phi) is 5.32. The fourth-order valence-corrected chi connectivity index (χ4v) is 3.44. The van der Waals surface area contributed by atoms with E-state index in [2.05, 4.69) is 36.3 Å². The molecule has 29 heavy (non-hydrogen) atoms. The molecule has 0 fully saturated rings. The first-order chi connectivity index (χ1) is 14.0. The predicted octanol–water partition coefficient (Wildman–Crippen LogP) is 5.19. The van der Waals surface area contributed by atoms with Crippen molar-refractivity contribution in [2.75, 3.05) is 0 Å². The van der Waals surface area contributed by atoms with Crippen LogP contribution in [0.25, 0.3) is 16.6 Å². The first-order valence-corrected chi connectivity index (χ1v) is 9.80. The van der Waals surface area contributed by atoms with Crippen LogP contribution in [0.1, 0.15) is 31.1 Å². The van der Waals surface area contributed by atoms with Crippen molar-refractivity contribution in [3.05, 3.63) is 89.9 Å². The number of ether oxygens (including phenoxy) is 1. The lowest BCUT2D eigenvalue weighted by atomic mass is 10.0. The van der Waals surface area contributed by atoms with Crippen LogP contribution in [-0.2, 0) is 6.42 Å². The van der Waals surface area contributed by atoms with Gasteiger partial charge in [-0.15, -0.1) is 0 Å². The molecule has 1 heterocycles. The largest absolute Gasteiger partial charge is 0.484 e. The first kappa shape index (κ1) is 19.2. The SMILES string of the molecule is CCc1ccc(C(Oc2ccc3c(cnn3-c3ccc(F)cc3)c2)[C@H](C)N)cc1. The minimum atomic E-state index is -0.269. The van der Waals surface area contributed by atoms with E-state index in [9.17, 15) is 4.39 Å². The molecule has 4 rings (SSSR count). The van der Waals surface area contributed by atoms with E-state index in [0.29, 0.717) is 0 Å². The lowest BCUT2D eigenvalue weighted by molar-refractivity contribution is 0.180. The average molecular weight is 389 g/mol. The zero-order valence-corrected chi connectivity index (χ0v) is 16.5. The van der Waals surface area contributed by atoms with Crippen molar-refractivity contribution in [1.82, 2.24) is 9.78 Å². The maximum absolute atomic E-state index is 13.2. The number of aryl methyl sites for hydroxylation is 1. The number of hydrogen-bond acceptors (Lipinski definition) is 3. The summed E-state index contributed by atoms with van der Waals surface area (Å²) in [5, 5.41) is 5.38. The van der Waals surface area contributed by atoms with E-state index in [1.54, 1.807) is 23.0 Å². The molecule has 0 aliphatic heterocycles. The zero-order valence-electron chi connectivity index (χ0n) is 16.5. The lowest BCUT2D eigenvalue weighted by Crippen LogP contribution is -2.29. The number of nitrogens with two attached hydrogens (primary N) is 1. The van der Waals surface area contributed by atoms with Crippen molar-refractivity contribution < 1.29 is 9.13 Å². The second kappa shape index (κ2) is 8.05. The van der Waals surface area contributed by atoms with Crippen LogP contribution in [0, 0.1) is 5.82 Å². The van der Waals surface area contributed by atoms with Gasteiger partial charge in [0.25, 0.3) is 0 Å². The van der Waals surface area contributed by atoms with Crippen LogP contribution in [0.3, 0.4) is 0 Å². The van der Waals surface area contributed by atoms with Crippen molar-refractivity contribution in [2.45, 2.75) is 32.4 Å². The van der Waals surface area contributed by atoms with Gasteiger partial charge in [-0.05, 0) is 66.9 Å². The molecule has 0 aliphatic rings. The van der Waals surface area contributed by atoms with Gasteiger partial charge in [-0.1, -0.05) is 31.2 Å². The van der Waals surface area contributed by atoms with Crippen molar-refractivity contribution in [1.29, 1.82) is 0 Å². The van der Waals surface area contributed by atoms with Gasteiger partial charge >= 0.3 is 0 Å². The monoisotopic (exact) mass is 389 g/mol. The Bertz CT molecular complexity index is 1100. The number of rotatable bonds is 6. The van der Waals surface area contributed by atoms with Crippen LogP contribution in [-0.4, -0.2) is 15.8 Å². The summed E-state index contributed by atoms with van der Waals surface area (Å²) in [6.45, 7) is 4.08. The molecule has 3 aromatic carbocycles. The molecule has 1 aromatic heterocycles. The van der Waals surface area contributed by atoms with E-state index in [-0.39, 0.29) is 18.0 Å². The third kappa shape index (κ3) is 4.00. The van der Waals surface area contributed by atoms with Gasteiger partial charge < -0.3 is 10.5 Å². The Morgan fingerprint density at radius 2 is 1.76 bits per heavy atom. The van der Waals surface area contributed by atoms with Crippen LogP contribution in [0.4, 0.5) is 4.39 Å². The van der Waals surface area contributed by atoms with Gasteiger partial charge in [-0.25, -0.2) is 9.07 Å². The molecular formula is C24H24FN3O. The number of halogens is 1. The van der Waals surface area contributed by atoms with Gasteiger partial charge in [0.1, 0.15) is 17.7 Å². The highest BCUT2D eigenvalue weighted by Gasteiger charge is 2.19. The molecule has 0 saturated heterocycles. The van der Waals surface area contributed by atoms with Gasteiger partial charge in [-0.3, -0.25) is 0 Å². The summed E-state index contributed by atoms with van der Waals surface area (Å²) in [5.41, 5.74) is 10.3. The molecule has 4 aromatic rings. The molecule has 2 atom stereocenters. The van der Waals surface area contributed by atoms with Gasteiger partial charge in [0, 0.05) is 11.4 Å². The third-order valence-corrected chi connectivity index (χ3v) is 5.07. The van der Waals surface area contributed by atoms with Crippen molar-refractivity contribution in [3.63, 3.8) is 0 Å². The fourth-order valence-electron chi connectivity index (χ4n) is 3.44. The second-order valence-electron chi connectivity index (χ2n) is 7.25. The van der Waals surface area contributed by atoms with Crippen LogP contribution in [0.5, 0.6) is 5.75 Å². The maximum atomic E-state index is 13.2. The Labute approximate surface area is 169 Å². The normalized spacial score (nSPS) is 13.4. The summed E-state index contributed by atoms with van der Waals surface area (Å²) < 4.78 is 21.3. The van der Waals surface area contributed by atoms with Gasteiger partial charge in [0.15, 0.2) is 0 Å². The maximum Gasteiger partial charge on any atom is 0.138 e. The molecular weight excluding hydrogens is 365 g/mol. The number of benzene rings is 3. The number of nitrogens with zero attached hydrogens (tertiary/aromatic N) is 2. The van der Waals surface area contributed by atoms with E-state index < -0.39 is 0 Å². The van der Waals surface area contributed by atoms with Gasteiger partial charge in [0.05, 0.1) is 17.4 Å². The Balaban J connectivity index is 1.62. The van der Waals surface area contributed by atoms with Crippen molar-refractivity contribution in [3.8, 4) is 11.4 Å². The van der Waals surface area contributed by atoms with E-state index in [1.165, 1.54) is 17.7 Å². The quantitative estimate of drug-likeness (QED) is 0.493. The molecule has 0 bridgehead atoms. The molecule has 2 N–H and O–H groups in total. The predicted molar refractivity (Wildman–Crippen MR) is 114 cm³/mol. The summed E-state index contributed by atoms with van der Waals surface area (Å²) in [6, 6.07) is 20.3. The van der Waals surface area contributed by atoms with Crippen LogP contribution < -0.4 is 10.5 Å². The molecule has 0 aliphatic carbocycles. The highest BCUT2D eigenvalue weighted by atomic mass is 19.1. The van der Waals surface area contributed by atoms with Crippen molar-refractivity contribution >= 4 is 10.9 Å². The summed E-state index contributed by atoms with van der Waals surface area (Å²) >= 11 is 0. The highest BCUT2D eigenvalue weighted by molar-refractivity contribution is 5.81. The first-order valence-electron chi connectivity index (χ1n) is 9.80. The Hall–Kier alpha value is -3.18. The molecule has 0 spiro atoms. The molecule has 5 heteroatoms. The summed E-state index contributed by atoms with van der Waals surface area (Å²) in [6.07, 6.45) is 2.53. The second-order valence-corrected chi connectivity index (χ2v) is 7.25. The molecule has 0 amide bonds. The average Bonchev–Trinajstić information content (AvgIpc) is 3.16. The summed E-state index contributed by atoms with van der Waals surface area (Å²) in [7, 11) is 0. The van der Waals surface area contributed by atoms with Gasteiger partial charge in [0.2, 0.25) is 0 Å². The molecule has 0 saturated carbocycles. The Morgan fingerprint density at radius 1 is 1.03 bits per heavy atom. The topological polar surface area (TPSA) is 53.1 Å². The number of aromatic nitrogens is 2.